The molecule has 0 saturated carbocycles. The molecule has 0 aliphatic rings. The van der Waals surface area contributed by atoms with Gasteiger partial charge < -0.3 is 15.3 Å². The summed E-state index contributed by atoms with van der Waals surface area (Å²) in [7, 11) is 1.47. The molecular weight excluding hydrogens is 312 g/mol. The fraction of sp³-hybridized carbons (Fsp3) is 0.385. The van der Waals surface area contributed by atoms with Crippen molar-refractivity contribution >= 4 is 33.6 Å². The van der Waals surface area contributed by atoms with Crippen molar-refractivity contribution in [3.63, 3.8) is 0 Å². The van der Waals surface area contributed by atoms with Gasteiger partial charge >= 0.3 is 12.0 Å². The van der Waals surface area contributed by atoms with Crippen LogP contribution in [-0.4, -0.2) is 35.1 Å². The number of nitrogens with one attached hydrogen (secondary N) is 1. The highest BCUT2D eigenvalue weighted by Gasteiger charge is 2.24. The second-order valence-electron chi connectivity index (χ2n) is 4.29. The van der Waals surface area contributed by atoms with Gasteiger partial charge in [0.05, 0.1) is 5.69 Å². The Balaban J connectivity index is 2.81. The van der Waals surface area contributed by atoms with Crippen LogP contribution >= 0.6 is 15.9 Å². The van der Waals surface area contributed by atoms with Crippen molar-refractivity contribution in [2.45, 2.75) is 26.3 Å². The Bertz CT molecular complexity index is 491. The van der Waals surface area contributed by atoms with Crippen molar-refractivity contribution in [3.8, 4) is 0 Å². The van der Waals surface area contributed by atoms with Gasteiger partial charge in [0.25, 0.3) is 0 Å². The number of likely N-dealkylation sites (N-methyl/N-ethyl adjacent to an activating group) is 1. The molecule has 0 spiro atoms. The van der Waals surface area contributed by atoms with E-state index in [1.807, 2.05) is 19.1 Å². The van der Waals surface area contributed by atoms with Gasteiger partial charge in [-0.2, -0.15) is 0 Å². The zero-order valence-electron chi connectivity index (χ0n) is 11.1. The molecule has 0 bridgehead atoms. The quantitative estimate of drug-likeness (QED) is 0.892. The van der Waals surface area contributed by atoms with Crippen LogP contribution in [0.5, 0.6) is 0 Å². The highest BCUT2D eigenvalue weighted by molar-refractivity contribution is 9.10. The van der Waals surface area contributed by atoms with E-state index < -0.39 is 18.0 Å². The number of carboxylic acids is 1. The van der Waals surface area contributed by atoms with E-state index in [4.69, 9.17) is 5.11 Å². The van der Waals surface area contributed by atoms with Crippen molar-refractivity contribution in [2.24, 2.45) is 0 Å². The minimum atomic E-state index is -1.01. The van der Waals surface area contributed by atoms with E-state index in [0.29, 0.717) is 12.1 Å². The van der Waals surface area contributed by atoms with Crippen LogP contribution in [0.25, 0.3) is 0 Å². The van der Waals surface area contributed by atoms with Crippen LogP contribution in [0.15, 0.2) is 22.7 Å². The van der Waals surface area contributed by atoms with E-state index in [1.54, 1.807) is 13.0 Å². The first-order chi connectivity index (χ1) is 8.86. The normalized spacial score (nSPS) is 11.8. The predicted octanol–water partition coefficient (Wildman–Crippen LogP) is 3.08. The number of amides is 2. The van der Waals surface area contributed by atoms with Crippen LogP contribution in [-0.2, 0) is 4.79 Å². The summed E-state index contributed by atoms with van der Waals surface area (Å²) in [4.78, 5) is 24.2. The third kappa shape index (κ3) is 3.96. The number of benzene rings is 1. The van der Waals surface area contributed by atoms with E-state index >= 15 is 0 Å². The van der Waals surface area contributed by atoms with Crippen LogP contribution in [0.2, 0.25) is 0 Å². The average molecular weight is 329 g/mol. The van der Waals surface area contributed by atoms with Crippen LogP contribution in [0.4, 0.5) is 10.5 Å². The lowest BCUT2D eigenvalue weighted by atomic mass is 10.2. The van der Waals surface area contributed by atoms with Crippen molar-refractivity contribution in [3.05, 3.63) is 28.2 Å². The molecule has 0 aliphatic heterocycles. The molecule has 1 unspecified atom stereocenters. The zero-order valence-corrected chi connectivity index (χ0v) is 12.7. The van der Waals surface area contributed by atoms with E-state index in [-0.39, 0.29) is 0 Å². The summed E-state index contributed by atoms with van der Waals surface area (Å²) >= 11 is 3.36. The summed E-state index contributed by atoms with van der Waals surface area (Å²) in [6, 6.07) is 4.24. The number of carboxylic acid groups (broad SMARTS) is 1. The van der Waals surface area contributed by atoms with Gasteiger partial charge in [0.1, 0.15) is 6.04 Å². The molecule has 1 aromatic rings. The van der Waals surface area contributed by atoms with Gasteiger partial charge in [-0.15, -0.1) is 0 Å². The summed E-state index contributed by atoms with van der Waals surface area (Å²) < 4.78 is 0.762. The maximum Gasteiger partial charge on any atom is 0.326 e. The number of carbonyl (C=O) groups is 2. The molecule has 1 aromatic carbocycles. The molecule has 5 nitrogen and oxygen atoms in total. The maximum atomic E-state index is 12.0. The predicted molar refractivity (Wildman–Crippen MR) is 77.4 cm³/mol. The molecular formula is C13H17BrN2O3. The third-order valence-electron chi connectivity index (χ3n) is 2.83. The lowest BCUT2D eigenvalue weighted by molar-refractivity contribution is -0.141. The fourth-order valence-electron chi connectivity index (χ4n) is 1.68. The molecule has 0 aliphatic carbocycles. The Kier molecular flexibility index (Phi) is 5.35. The first-order valence-electron chi connectivity index (χ1n) is 5.89. The number of hydrogen-bond donors (Lipinski definition) is 2. The summed E-state index contributed by atoms with van der Waals surface area (Å²) in [5, 5.41) is 11.7. The van der Waals surface area contributed by atoms with E-state index in [2.05, 4.69) is 21.2 Å². The second-order valence-corrected chi connectivity index (χ2v) is 5.14. The Morgan fingerprint density at radius 1 is 1.47 bits per heavy atom. The number of aryl methyl sites for hydroxylation is 1. The lowest BCUT2D eigenvalue weighted by Crippen LogP contribution is -2.44. The Labute approximate surface area is 120 Å². The molecule has 104 valence electrons. The molecule has 0 radical (unpaired) electrons. The molecule has 0 aromatic heterocycles. The molecule has 2 amide bonds. The number of urea groups is 1. The molecule has 1 rings (SSSR count). The Morgan fingerprint density at radius 2 is 2.11 bits per heavy atom. The number of hydrogen-bond acceptors (Lipinski definition) is 2. The van der Waals surface area contributed by atoms with Gasteiger partial charge in [0.2, 0.25) is 0 Å². The average Bonchev–Trinajstić information content (AvgIpc) is 2.32. The monoisotopic (exact) mass is 328 g/mol. The van der Waals surface area contributed by atoms with Gasteiger partial charge in [-0.05, 0) is 47.0 Å². The van der Waals surface area contributed by atoms with Crippen LogP contribution in [0.3, 0.4) is 0 Å². The van der Waals surface area contributed by atoms with Gasteiger partial charge in [-0.3, -0.25) is 0 Å². The minimum Gasteiger partial charge on any atom is -0.480 e. The van der Waals surface area contributed by atoms with E-state index in [9.17, 15) is 9.59 Å². The number of rotatable bonds is 4. The summed E-state index contributed by atoms with van der Waals surface area (Å²) in [6.07, 6.45) is 0.355. The van der Waals surface area contributed by atoms with E-state index in [0.717, 1.165) is 10.0 Å². The summed E-state index contributed by atoms with van der Waals surface area (Å²) in [5.74, 6) is -1.01. The van der Waals surface area contributed by atoms with E-state index in [1.165, 1.54) is 11.9 Å². The Morgan fingerprint density at radius 3 is 2.58 bits per heavy atom. The highest BCUT2D eigenvalue weighted by atomic mass is 79.9. The second kappa shape index (κ2) is 6.56. The van der Waals surface area contributed by atoms with Crippen molar-refractivity contribution in [1.29, 1.82) is 0 Å². The van der Waals surface area contributed by atoms with Crippen LogP contribution < -0.4 is 5.32 Å². The first-order valence-corrected chi connectivity index (χ1v) is 6.68. The Hall–Kier alpha value is -1.56. The third-order valence-corrected chi connectivity index (χ3v) is 3.48. The molecule has 0 fully saturated rings. The van der Waals surface area contributed by atoms with Crippen molar-refractivity contribution < 1.29 is 14.7 Å². The number of nitrogens with zero attached hydrogens (tertiary/aromatic N) is 1. The number of carbonyl (C=O) groups excluding carboxylic acids is 1. The molecule has 0 heterocycles. The SMILES string of the molecule is CCC(C(=O)O)N(C)C(=O)Nc1ccc(C)cc1Br. The number of halogens is 1. The molecule has 6 heteroatoms. The summed E-state index contributed by atoms with van der Waals surface area (Å²) in [5.41, 5.74) is 1.68. The zero-order chi connectivity index (χ0) is 14.6. The summed E-state index contributed by atoms with van der Waals surface area (Å²) in [6.45, 7) is 3.67. The lowest BCUT2D eigenvalue weighted by Gasteiger charge is -2.24. The number of aliphatic carboxylic acids is 1. The van der Waals surface area contributed by atoms with Crippen LogP contribution in [0, 0.1) is 6.92 Å². The van der Waals surface area contributed by atoms with Crippen LogP contribution in [0.1, 0.15) is 18.9 Å². The fourth-order valence-corrected chi connectivity index (χ4v) is 2.27. The van der Waals surface area contributed by atoms with Gasteiger partial charge in [0.15, 0.2) is 0 Å². The largest absolute Gasteiger partial charge is 0.480 e. The molecule has 1 atom stereocenters. The smallest absolute Gasteiger partial charge is 0.326 e. The van der Waals surface area contributed by atoms with Crippen molar-refractivity contribution in [2.75, 3.05) is 12.4 Å². The minimum absolute atomic E-state index is 0.355. The van der Waals surface area contributed by atoms with Gasteiger partial charge in [-0.25, -0.2) is 9.59 Å². The standard InChI is InChI=1S/C13H17BrN2O3/c1-4-11(12(17)18)16(3)13(19)15-10-6-5-8(2)7-9(10)14/h5-7,11H,4H2,1-3H3,(H,15,19)(H,17,18). The highest BCUT2D eigenvalue weighted by Crippen LogP contribution is 2.23. The number of anilines is 1. The maximum absolute atomic E-state index is 12.0. The molecule has 19 heavy (non-hydrogen) atoms. The van der Waals surface area contributed by atoms with Gasteiger partial charge in [0, 0.05) is 11.5 Å². The van der Waals surface area contributed by atoms with Gasteiger partial charge in [-0.1, -0.05) is 13.0 Å². The van der Waals surface area contributed by atoms with Crippen molar-refractivity contribution in [1.82, 2.24) is 4.90 Å². The molecule has 0 saturated heterocycles. The molecule has 2 N–H and O–H groups in total. The topological polar surface area (TPSA) is 69.6 Å². The first kappa shape index (κ1) is 15.5.